The van der Waals surface area contributed by atoms with Crippen molar-refractivity contribution in [1.82, 2.24) is 4.90 Å². The summed E-state index contributed by atoms with van der Waals surface area (Å²) in [6.07, 6.45) is -0.614. The van der Waals surface area contributed by atoms with Crippen LogP contribution < -0.4 is 5.32 Å². The zero-order chi connectivity index (χ0) is 24.9. The Morgan fingerprint density at radius 1 is 0.971 bits per heavy atom. The molecular formula is C26H23IN2O6. The van der Waals surface area contributed by atoms with Crippen LogP contribution in [0.3, 0.4) is 0 Å². The third-order valence-electron chi connectivity index (χ3n) is 5.78. The van der Waals surface area contributed by atoms with E-state index in [1.807, 2.05) is 59.0 Å². The molecule has 9 heteroatoms. The maximum absolute atomic E-state index is 12.6. The molecule has 4 rings (SSSR count). The van der Waals surface area contributed by atoms with Crippen molar-refractivity contribution in [1.29, 1.82) is 0 Å². The number of carboxylic acids is 1. The molecule has 1 aliphatic carbocycles. The van der Waals surface area contributed by atoms with Gasteiger partial charge in [0.15, 0.2) is 0 Å². The minimum absolute atomic E-state index is 0.0565. The van der Waals surface area contributed by atoms with E-state index in [2.05, 4.69) is 17.4 Å². The van der Waals surface area contributed by atoms with Crippen molar-refractivity contribution in [2.24, 2.45) is 0 Å². The number of halogens is 1. The number of nitrogens with zero attached hydrogens (tertiary/aromatic N) is 1. The molecule has 2 amide bonds. The highest BCUT2D eigenvalue weighted by atomic mass is 127. The number of benzene rings is 3. The number of rotatable bonds is 8. The van der Waals surface area contributed by atoms with Crippen LogP contribution in [0, 0.1) is 3.57 Å². The van der Waals surface area contributed by atoms with E-state index in [1.54, 1.807) is 12.1 Å². The van der Waals surface area contributed by atoms with Crippen LogP contribution in [-0.2, 0) is 9.53 Å². The van der Waals surface area contributed by atoms with Crippen molar-refractivity contribution in [2.75, 3.05) is 31.6 Å². The summed E-state index contributed by atoms with van der Waals surface area (Å²) < 4.78 is 6.15. The number of aliphatic carboxylic acids is 1. The fourth-order valence-corrected chi connectivity index (χ4v) is 4.86. The molecule has 0 fully saturated rings. The summed E-state index contributed by atoms with van der Waals surface area (Å²) >= 11 is 1.98. The molecule has 3 N–H and O–H groups in total. The third kappa shape index (κ3) is 5.46. The molecular weight excluding hydrogens is 563 g/mol. The monoisotopic (exact) mass is 586 g/mol. The van der Waals surface area contributed by atoms with E-state index in [9.17, 15) is 14.4 Å². The lowest BCUT2D eigenvalue weighted by atomic mass is 9.98. The molecule has 0 atom stereocenters. The topological polar surface area (TPSA) is 116 Å². The van der Waals surface area contributed by atoms with Gasteiger partial charge < -0.3 is 19.8 Å². The van der Waals surface area contributed by atoms with Crippen LogP contribution >= 0.6 is 22.6 Å². The van der Waals surface area contributed by atoms with E-state index in [0.717, 1.165) is 27.2 Å². The predicted molar refractivity (Wildman–Crippen MR) is 138 cm³/mol. The number of hydrogen-bond donors (Lipinski definition) is 3. The number of ether oxygens (including phenoxy) is 1. The molecule has 0 radical (unpaired) electrons. The highest BCUT2D eigenvalue weighted by Gasteiger charge is 2.29. The molecule has 0 heterocycles. The smallest absolute Gasteiger partial charge is 0.411 e. The van der Waals surface area contributed by atoms with E-state index in [4.69, 9.17) is 14.9 Å². The van der Waals surface area contributed by atoms with E-state index in [1.165, 1.54) is 6.07 Å². The lowest BCUT2D eigenvalue weighted by Gasteiger charge is -2.20. The van der Waals surface area contributed by atoms with Gasteiger partial charge in [-0.15, -0.1) is 0 Å². The zero-order valence-electron chi connectivity index (χ0n) is 18.6. The molecule has 35 heavy (non-hydrogen) atoms. The Hall–Kier alpha value is -3.44. The standard InChI is InChI=1S/C26H23IN2O6/c27-22-13-16(25(33)29(11-12-30)14-24(31)32)9-10-23(22)28-26(34)35-15-21-19-7-3-1-5-17(19)18-6-2-4-8-20(18)21/h1-10,13,21,30H,11-12,14-15H2,(H,28,34)(H,31,32). The van der Waals surface area contributed by atoms with E-state index in [-0.39, 0.29) is 31.2 Å². The number of amides is 2. The number of carbonyl (C=O) groups excluding carboxylic acids is 2. The molecule has 3 aromatic carbocycles. The number of carbonyl (C=O) groups is 3. The van der Waals surface area contributed by atoms with Gasteiger partial charge in [-0.3, -0.25) is 14.9 Å². The second-order valence-corrected chi connectivity index (χ2v) is 9.15. The normalized spacial score (nSPS) is 11.9. The van der Waals surface area contributed by atoms with Crippen LogP contribution in [-0.4, -0.2) is 59.4 Å². The van der Waals surface area contributed by atoms with Crippen LogP contribution in [0.2, 0.25) is 0 Å². The van der Waals surface area contributed by atoms with Gasteiger partial charge in [-0.25, -0.2) is 4.79 Å². The Morgan fingerprint density at radius 3 is 2.17 bits per heavy atom. The Bertz CT molecular complexity index is 1230. The number of nitrogens with one attached hydrogen (secondary N) is 1. The predicted octanol–water partition coefficient (Wildman–Crippen LogP) is 4.17. The van der Waals surface area contributed by atoms with E-state index in [0.29, 0.717) is 9.26 Å². The summed E-state index contributed by atoms with van der Waals surface area (Å²) in [6, 6.07) is 20.8. The zero-order valence-corrected chi connectivity index (χ0v) is 20.8. The van der Waals surface area contributed by atoms with Crippen LogP contribution in [0.1, 0.15) is 27.4 Å². The summed E-state index contributed by atoms with van der Waals surface area (Å²) in [7, 11) is 0. The fraction of sp³-hybridized carbons (Fsp3) is 0.192. The van der Waals surface area contributed by atoms with Gasteiger partial charge in [0, 0.05) is 21.6 Å². The van der Waals surface area contributed by atoms with Gasteiger partial charge in [0.1, 0.15) is 13.2 Å². The van der Waals surface area contributed by atoms with Crippen molar-refractivity contribution in [3.05, 3.63) is 87.0 Å². The van der Waals surface area contributed by atoms with Crippen molar-refractivity contribution in [3.63, 3.8) is 0 Å². The first-order valence-electron chi connectivity index (χ1n) is 10.9. The SMILES string of the molecule is O=C(O)CN(CCO)C(=O)c1ccc(NC(=O)OCC2c3ccccc3-c3ccccc32)c(I)c1. The van der Waals surface area contributed by atoms with Crippen molar-refractivity contribution in [2.45, 2.75) is 5.92 Å². The van der Waals surface area contributed by atoms with Crippen molar-refractivity contribution in [3.8, 4) is 11.1 Å². The number of fused-ring (bicyclic) bond motifs is 3. The van der Waals surface area contributed by atoms with E-state index < -0.39 is 24.5 Å². The summed E-state index contributed by atoms with van der Waals surface area (Å²) in [5.74, 6) is -1.75. The molecule has 0 spiro atoms. The van der Waals surface area contributed by atoms with Crippen LogP contribution in [0.5, 0.6) is 0 Å². The highest BCUT2D eigenvalue weighted by Crippen LogP contribution is 2.44. The van der Waals surface area contributed by atoms with Crippen LogP contribution in [0.4, 0.5) is 10.5 Å². The minimum Gasteiger partial charge on any atom is -0.480 e. The van der Waals surface area contributed by atoms with Gasteiger partial charge in [0.05, 0.1) is 12.3 Å². The molecule has 8 nitrogen and oxygen atoms in total. The van der Waals surface area contributed by atoms with Gasteiger partial charge in [0.2, 0.25) is 0 Å². The quantitative estimate of drug-likeness (QED) is 0.342. The van der Waals surface area contributed by atoms with Gasteiger partial charge in [0.25, 0.3) is 5.91 Å². The maximum Gasteiger partial charge on any atom is 0.411 e. The Morgan fingerprint density at radius 2 is 1.60 bits per heavy atom. The molecule has 0 bridgehead atoms. The summed E-state index contributed by atoms with van der Waals surface area (Å²) in [6.45, 7) is -0.785. The maximum atomic E-state index is 12.6. The Kier molecular flexibility index (Phi) is 7.67. The number of aliphatic hydroxyl groups is 1. The fourth-order valence-electron chi connectivity index (χ4n) is 4.21. The Labute approximate surface area is 215 Å². The highest BCUT2D eigenvalue weighted by molar-refractivity contribution is 14.1. The lowest BCUT2D eigenvalue weighted by Crippen LogP contribution is -2.37. The molecule has 1 aliphatic rings. The largest absolute Gasteiger partial charge is 0.480 e. The van der Waals surface area contributed by atoms with Gasteiger partial charge in [-0.2, -0.15) is 0 Å². The first-order chi connectivity index (χ1) is 16.9. The first kappa shape index (κ1) is 24.7. The average molecular weight is 586 g/mol. The number of hydrogen-bond acceptors (Lipinski definition) is 5. The van der Waals surface area contributed by atoms with Gasteiger partial charge >= 0.3 is 12.1 Å². The summed E-state index contributed by atoms with van der Waals surface area (Å²) in [5.41, 5.74) is 5.24. The second kappa shape index (κ2) is 10.9. The first-order valence-corrected chi connectivity index (χ1v) is 12.0. The molecule has 0 saturated carbocycles. The van der Waals surface area contributed by atoms with E-state index >= 15 is 0 Å². The molecule has 0 aromatic heterocycles. The second-order valence-electron chi connectivity index (χ2n) is 7.99. The molecule has 0 unspecified atom stereocenters. The molecule has 0 saturated heterocycles. The molecule has 180 valence electrons. The Balaban J connectivity index is 1.42. The van der Waals surface area contributed by atoms with Crippen molar-refractivity contribution >= 4 is 46.2 Å². The number of carboxylic acid groups (broad SMARTS) is 1. The van der Waals surface area contributed by atoms with Gasteiger partial charge in [-0.1, -0.05) is 48.5 Å². The molecule has 3 aromatic rings. The van der Waals surface area contributed by atoms with Crippen molar-refractivity contribution < 1.29 is 29.3 Å². The lowest BCUT2D eigenvalue weighted by molar-refractivity contribution is -0.137. The van der Waals surface area contributed by atoms with Gasteiger partial charge in [-0.05, 0) is 63.0 Å². The average Bonchev–Trinajstić information content (AvgIpc) is 3.17. The third-order valence-corrected chi connectivity index (χ3v) is 6.67. The minimum atomic E-state index is -1.17. The van der Waals surface area contributed by atoms with Crippen LogP contribution in [0.25, 0.3) is 11.1 Å². The van der Waals surface area contributed by atoms with Crippen LogP contribution in [0.15, 0.2) is 66.7 Å². The summed E-state index contributed by atoms with van der Waals surface area (Å²) in [4.78, 5) is 37.3. The number of anilines is 1. The summed E-state index contributed by atoms with van der Waals surface area (Å²) in [5, 5.41) is 20.8. The molecule has 0 aliphatic heterocycles. The number of aliphatic hydroxyl groups excluding tert-OH is 1.